The van der Waals surface area contributed by atoms with Crippen LogP contribution in [-0.4, -0.2) is 23.3 Å². The third-order valence-corrected chi connectivity index (χ3v) is 2.75. The minimum absolute atomic E-state index is 0.0360. The summed E-state index contributed by atoms with van der Waals surface area (Å²) >= 11 is 5.56. The fraction of sp³-hybridized carbons (Fsp3) is 0.500. The molecule has 0 aliphatic rings. The molecule has 7 heteroatoms. The SMILES string of the molecule is CC(CCCl)CNC(=O)c1ccc(C(F)(F)F)cn1. The summed E-state index contributed by atoms with van der Waals surface area (Å²) in [5, 5.41) is 2.60. The second kappa shape index (κ2) is 6.75. The van der Waals surface area contributed by atoms with E-state index in [4.69, 9.17) is 11.6 Å². The number of carbonyl (C=O) groups is 1. The van der Waals surface area contributed by atoms with Crippen LogP contribution >= 0.6 is 11.6 Å². The predicted octanol–water partition coefficient (Wildman–Crippen LogP) is 3.10. The van der Waals surface area contributed by atoms with Gasteiger partial charge in [-0.25, -0.2) is 0 Å². The molecule has 0 radical (unpaired) electrons. The van der Waals surface area contributed by atoms with E-state index in [0.717, 1.165) is 18.6 Å². The van der Waals surface area contributed by atoms with E-state index in [9.17, 15) is 18.0 Å². The first-order valence-corrected chi connectivity index (χ1v) is 6.25. The Morgan fingerprint density at radius 2 is 2.16 bits per heavy atom. The van der Waals surface area contributed by atoms with Gasteiger partial charge in [0, 0.05) is 18.6 Å². The van der Waals surface area contributed by atoms with Crippen molar-refractivity contribution in [1.29, 1.82) is 0 Å². The third-order valence-electron chi connectivity index (χ3n) is 2.54. The van der Waals surface area contributed by atoms with Crippen LogP contribution in [0.15, 0.2) is 18.3 Å². The third kappa shape index (κ3) is 5.06. The van der Waals surface area contributed by atoms with E-state index in [-0.39, 0.29) is 11.6 Å². The van der Waals surface area contributed by atoms with Crippen LogP contribution in [0, 0.1) is 5.92 Å². The molecule has 1 unspecified atom stereocenters. The minimum Gasteiger partial charge on any atom is -0.350 e. The van der Waals surface area contributed by atoms with Gasteiger partial charge in [-0.3, -0.25) is 9.78 Å². The first-order valence-electron chi connectivity index (χ1n) is 5.72. The van der Waals surface area contributed by atoms with Crippen LogP contribution in [-0.2, 0) is 6.18 Å². The first kappa shape index (κ1) is 15.8. The molecule has 1 N–H and O–H groups in total. The van der Waals surface area contributed by atoms with Gasteiger partial charge in [0.2, 0.25) is 0 Å². The van der Waals surface area contributed by atoms with Gasteiger partial charge in [0.05, 0.1) is 5.56 Å². The zero-order chi connectivity index (χ0) is 14.5. The lowest BCUT2D eigenvalue weighted by atomic mass is 10.1. The van der Waals surface area contributed by atoms with E-state index in [1.165, 1.54) is 0 Å². The molecule has 0 bridgehead atoms. The molecular weight excluding hydrogens is 281 g/mol. The fourth-order valence-corrected chi connectivity index (χ4v) is 1.71. The zero-order valence-corrected chi connectivity index (χ0v) is 11.1. The van der Waals surface area contributed by atoms with E-state index in [0.29, 0.717) is 18.6 Å². The first-order chi connectivity index (χ1) is 8.84. The van der Waals surface area contributed by atoms with Gasteiger partial charge in [0.25, 0.3) is 5.91 Å². The van der Waals surface area contributed by atoms with Gasteiger partial charge in [-0.05, 0) is 24.5 Å². The molecule has 0 saturated carbocycles. The smallest absolute Gasteiger partial charge is 0.350 e. The number of rotatable bonds is 5. The van der Waals surface area contributed by atoms with Crippen molar-refractivity contribution in [3.8, 4) is 0 Å². The van der Waals surface area contributed by atoms with Crippen molar-refractivity contribution < 1.29 is 18.0 Å². The largest absolute Gasteiger partial charge is 0.417 e. The van der Waals surface area contributed by atoms with Crippen LogP contribution < -0.4 is 5.32 Å². The topological polar surface area (TPSA) is 42.0 Å². The summed E-state index contributed by atoms with van der Waals surface area (Å²) in [6.45, 7) is 2.33. The molecule has 19 heavy (non-hydrogen) atoms. The molecule has 1 heterocycles. The van der Waals surface area contributed by atoms with E-state index < -0.39 is 17.6 Å². The maximum Gasteiger partial charge on any atom is 0.417 e. The Morgan fingerprint density at radius 3 is 2.63 bits per heavy atom. The zero-order valence-electron chi connectivity index (χ0n) is 10.3. The Kier molecular flexibility index (Phi) is 5.60. The lowest BCUT2D eigenvalue weighted by Gasteiger charge is -2.11. The maximum absolute atomic E-state index is 12.3. The summed E-state index contributed by atoms with van der Waals surface area (Å²) in [6.07, 6.45) is -3.05. The second-order valence-corrected chi connectivity index (χ2v) is 4.60. The Bertz CT molecular complexity index is 420. The summed E-state index contributed by atoms with van der Waals surface area (Å²) in [4.78, 5) is 15.1. The summed E-state index contributed by atoms with van der Waals surface area (Å²) in [6, 6.07) is 1.90. The molecule has 0 saturated heterocycles. The van der Waals surface area contributed by atoms with Gasteiger partial charge in [0.15, 0.2) is 0 Å². The molecule has 0 spiro atoms. The van der Waals surface area contributed by atoms with Gasteiger partial charge in [-0.15, -0.1) is 11.6 Å². The van der Waals surface area contributed by atoms with Crippen LogP contribution in [0.1, 0.15) is 29.4 Å². The average molecular weight is 295 g/mol. The maximum atomic E-state index is 12.3. The fourth-order valence-electron chi connectivity index (χ4n) is 1.34. The molecule has 0 aromatic carbocycles. The van der Waals surface area contributed by atoms with Gasteiger partial charge < -0.3 is 5.32 Å². The predicted molar refractivity (Wildman–Crippen MR) is 66.1 cm³/mol. The Morgan fingerprint density at radius 1 is 1.47 bits per heavy atom. The lowest BCUT2D eigenvalue weighted by Crippen LogP contribution is -2.29. The van der Waals surface area contributed by atoms with Crippen LogP contribution in [0.2, 0.25) is 0 Å². The quantitative estimate of drug-likeness (QED) is 0.848. The van der Waals surface area contributed by atoms with Crippen molar-refractivity contribution >= 4 is 17.5 Å². The molecule has 3 nitrogen and oxygen atoms in total. The highest BCUT2D eigenvalue weighted by Gasteiger charge is 2.30. The van der Waals surface area contributed by atoms with Crippen molar-refractivity contribution in [2.45, 2.75) is 19.5 Å². The van der Waals surface area contributed by atoms with E-state index in [2.05, 4.69) is 10.3 Å². The van der Waals surface area contributed by atoms with Crippen molar-refractivity contribution in [2.24, 2.45) is 5.92 Å². The van der Waals surface area contributed by atoms with E-state index in [1.54, 1.807) is 0 Å². The minimum atomic E-state index is -4.45. The van der Waals surface area contributed by atoms with E-state index in [1.807, 2.05) is 6.92 Å². The summed E-state index contributed by atoms with van der Waals surface area (Å²) < 4.78 is 36.9. The van der Waals surface area contributed by atoms with Crippen molar-refractivity contribution in [1.82, 2.24) is 10.3 Å². The molecule has 1 atom stereocenters. The highest BCUT2D eigenvalue weighted by molar-refractivity contribution is 6.17. The number of halogens is 4. The molecule has 106 valence electrons. The molecule has 0 aliphatic heterocycles. The number of amides is 1. The normalized spacial score (nSPS) is 13.1. The number of nitrogens with one attached hydrogen (secondary N) is 1. The molecule has 1 rings (SSSR count). The van der Waals surface area contributed by atoms with Gasteiger partial charge in [0.1, 0.15) is 5.69 Å². The monoisotopic (exact) mass is 294 g/mol. The summed E-state index contributed by atoms with van der Waals surface area (Å²) in [5.41, 5.74) is -0.911. The number of hydrogen-bond donors (Lipinski definition) is 1. The number of hydrogen-bond acceptors (Lipinski definition) is 2. The summed E-state index contributed by atoms with van der Waals surface area (Å²) in [5.74, 6) is 0.210. The number of carbonyl (C=O) groups excluding carboxylic acids is 1. The van der Waals surface area contributed by atoms with Crippen LogP contribution in [0.5, 0.6) is 0 Å². The highest BCUT2D eigenvalue weighted by atomic mass is 35.5. The summed E-state index contributed by atoms with van der Waals surface area (Å²) in [7, 11) is 0. The Labute approximate surface area is 114 Å². The van der Waals surface area contributed by atoms with Gasteiger partial charge >= 0.3 is 6.18 Å². The number of pyridine rings is 1. The van der Waals surface area contributed by atoms with Crippen molar-refractivity contribution in [3.63, 3.8) is 0 Å². The number of alkyl halides is 4. The molecular formula is C12H14ClF3N2O. The Hall–Kier alpha value is -1.30. The van der Waals surface area contributed by atoms with Crippen molar-refractivity contribution in [3.05, 3.63) is 29.6 Å². The van der Waals surface area contributed by atoms with Gasteiger partial charge in [-0.2, -0.15) is 13.2 Å². The standard InChI is InChI=1S/C12H14ClF3N2O/c1-8(4-5-13)6-18-11(19)10-3-2-9(7-17-10)12(14,15)16/h2-3,7-8H,4-6H2,1H3,(H,18,19). The average Bonchev–Trinajstić information content (AvgIpc) is 2.35. The molecule has 1 aromatic heterocycles. The van der Waals surface area contributed by atoms with Crippen molar-refractivity contribution in [2.75, 3.05) is 12.4 Å². The molecule has 1 aromatic rings. The van der Waals surface area contributed by atoms with Crippen LogP contribution in [0.25, 0.3) is 0 Å². The number of aromatic nitrogens is 1. The highest BCUT2D eigenvalue weighted by Crippen LogP contribution is 2.28. The molecule has 0 fully saturated rings. The van der Waals surface area contributed by atoms with Crippen LogP contribution in [0.3, 0.4) is 0 Å². The van der Waals surface area contributed by atoms with E-state index >= 15 is 0 Å². The molecule has 0 aliphatic carbocycles. The van der Waals surface area contributed by atoms with Gasteiger partial charge in [-0.1, -0.05) is 6.92 Å². The lowest BCUT2D eigenvalue weighted by molar-refractivity contribution is -0.137. The molecule has 1 amide bonds. The Balaban J connectivity index is 2.59. The second-order valence-electron chi connectivity index (χ2n) is 4.22. The van der Waals surface area contributed by atoms with Crippen LogP contribution in [0.4, 0.5) is 13.2 Å². The number of nitrogens with zero attached hydrogens (tertiary/aromatic N) is 1.